The standard InChI is InChI=1S/C12H23ClO.C5H9NO4.2Na/c1-2-3-4-5-6-7-8-9-10-11-12(13)14;6-3(5(9)10)1-2-4(7)8;;/h2-11H2,1H3;3H,1-2,6H2,(H,7,8)(H,9,10);;/q;;2*+1/p-2. The van der Waals surface area contributed by atoms with Crippen molar-refractivity contribution in [3.63, 3.8) is 0 Å². The van der Waals surface area contributed by atoms with Crippen molar-refractivity contribution in [3.8, 4) is 0 Å². The third-order valence-electron chi connectivity index (χ3n) is 3.44. The summed E-state index contributed by atoms with van der Waals surface area (Å²) in [6.45, 7) is 2.24. The van der Waals surface area contributed by atoms with Crippen molar-refractivity contribution in [2.24, 2.45) is 5.73 Å². The largest absolute Gasteiger partial charge is 1.00 e. The molecule has 9 heteroatoms. The number of nitrogens with two attached hydrogens (primary N) is 1. The fourth-order valence-electron chi connectivity index (χ4n) is 1.97. The smallest absolute Gasteiger partial charge is 0.550 e. The van der Waals surface area contributed by atoms with Crippen molar-refractivity contribution in [2.75, 3.05) is 0 Å². The molecule has 0 spiro atoms. The summed E-state index contributed by atoms with van der Waals surface area (Å²) in [5, 5.41) is 19.4. The monoisotopic (exact) mass is 409 g/mol. The Hall–Kier alpha value is 0.860. The Morgan fingerprint density at radius 1 is 0.846 bits per heavy atom. The van der Waals surface area contributed by atoms with Crippen LogP contribution in [-0.2, 0) is 14.4 Å². The molecule has 0 bridgehead atoms. The van der Waals surface area contributed by atoms with E-state index < -0.39 is 18.0 Å². The Bertz CT molecular complexity index is 360. The minimum absolute atomic E-state index is 0. The molecule has 0 amide bonds. The zero-order chi connectivity index (χ0) is 18.8. The summed E-state index contributed by atoms with van der Waals surface area (Å²) in [5.74, 6) is -2.75. The van der Waals surface area contributed by atoms with Crippen LogP contribution in [0.1, 0.15) is 84.0 Å². The Balaban J connectivity index is -0.000000181. The predicted octanol–water partition coefficient (Wildman–Crippen LogP) is -4.73. The summed E-state index contributed by atoms with van der Waals surface area (Å²) >= 11 is 5.24. The van der Waals surface area contributed by atoms with Crippen LogP contribution >= 0.6 is 11.6 Å². The third-order valence-corrected chi connectivity index (χ3v) is 3.63. The van der Waals surface area contributed by atoms with Crippen LogP contribution in [0.25, 0.3) is 0 Å². The Morgan fingerprint density at radius 3 is 1.62 bits per heavy atom. The fourth-order valence-corrected chi connectivity index (χ4v) is 2.10. The van der Waals surface area contributed by atoms with Crippen LogP contribution in [0.15, 0.2) is 0 Å². The van der Waals surface area contributed by atoms with Crippen LogP contribution in [0.5, 0.6) is 0 Å². The number of carbonyl (C=O) groups is 3. The molecular formula is C17H30ClNNa2O5. The van der Waals surface area contributed by atoms with E-state index in [1.807, 2.05) is 0 Å². The predicted molar refractivity (Wildman–Crippen MR) is 89.9 cm³/mol. The molecule has 26 heavy (non-hydrogen) atoms. The number of halogens is 1. The summed E-state index contributed by atoms with van der Waals surface area (Å²) in [4.78, 5) is 30.0. The molecule has 6 nitrogen and oxygen atoms in total. The maximum atomic E-state index is 10.4. The zero-order valence-electron chi connectivity index (χ0n) is 16.6. The van der Waals surface area contributed by atoms with Gasteiger partial charge in [0.2, 0.25) is 5.24 Å². The normalized spacial score (nSPS) is 10.4. The quantitative estimate of drug-likeness (QED) is 0.175. The maximum absolute atomic E-state index is 10.4. The second-order valence-corrected chi connectivity index (χ2v) is 6.19. The van der Waals surface area contributed by atoms with Crippen molar-refractivity contribution < 1.29 is 83.7 Å². The van der Waals surface area contributed by atoms with E-state index in [9.17, 15) is 24.6 Å². The van der Waals surface area contributed by atoms with E-state index in [1.165, 1.54) is 44.9 Å². The molecule has 0 aromatic rings. The number of carbonyl (C=O) groups excluding carboxylic acids is 3. The summed E-state index contributed by atoms with van der Waals surface area (Å²) in [6, 6.07) is -1.21. The van der Waals surface area contributed by atoms with Gasteiger partial charge in [-0.1, -0.05) is 58.3 Å². The average Bonchev–Trinajstić information content (AvgIpc) is 2.51. The molecule has 0 aliphatic heterocycles. The molecule has 142 valence electrons. The van der Waals surface area contributed by atoms with Gasteiger partial charge in [-0.15, -0.1) is 0 Å². The van der Waals surface area contributed by atoms with Gasteiger partial charge in [-0.25, -0.2) is 0 Å². The van der Waals surface area contributed by atoms with E-state index in [1.54, 1.807) is 0 Å². The summed E-state index contributed by atoms with van der Waals surface area (Å²) in [5.41, 5.74) is 4.91. The first-order valence-corrected chi connectivity index (χ1v) is 9.03. The number of hydrogen-bond acceptors (Lipinski definition) is 6. The van der Waals surface area contributed by atoms with Gasteiger partial charge in [0.15, 0.2) is 0 Å². The first-order valence-electron chi connectivity index (χ1n) is 8.65. The summed E-state index contributed by atoms with van der Waals surface area (Å²) in [7, 11) is 0. The Kier molecular flexibility index (Phi) is 34.2. The second kappa shape index (κ2) is 25.9. The van der Waals surface area contributed by atoms with E-state index >= 15 is 0 Å². The first-order chi connectivity index (χ1) is 11.3. The fraction of sp³-hybridized carbons (Fsp3) is 0.824. The van der Waals surface area contributed by atoms with Gasteiger partial charge in [0, 0.05) is 18.4 Å². The molecule has 0 saturated heterocycles. The number of carboxylic acids is 2. The molecule has 0 aliphatic rings. The van der Waals surface area contributed by atoms with Gasteiger partial charge in [0.1, 0.15) is 0 Å². The van der Waals surface area contributed by atoms with Crippen LogP contribution < -0.4 is 75.1 Å². The second-order valence-electron chi connectivity index (χ2n) is 5.77. The van der Waals surface area contributed by atoms with Crippen molar-refractivity contribution in [1.82, 2.24) is 0 Å². The first kappa shape index (κ1) is 34.4. The van der Waals surface area contributed by atoms with Crippen LogP contribution in [0.3, 0.4) is 0 Å². The van der Waals surface area contributed by atoms with Gasteiger partial charge in [-0.3, -0.25) is 4.79 Å². The molecule has 1 atom stereocenters. The number of hydrogen-bond donors (Lipinski definition) is 1. The van der Waals surface area contributed by atoms with Gasteiger partial charge in [-0.2, -0.15) is 0 Å². The number of aliphatic carboxylic acids is 2. The van der Waals surface area contributed by atoms with E-state index in [4.69, 9.17) is 17.3 Å². The number of unbranched alkanes of at least 4 members (excludes halogenated alkanes) is 8. The van der Waals surface area contributed by atoms with Gasteiger partial charge in [0.05, 0.1) is 5.97 Å². The molecule has 2 N–H and O–H groups in total. The molecular weight excluding hydrogens is 380 g/mol. The summed E-state index contributed by atoms with van der Waals surface area (Å²) < 4.78 is 0. The van der Waals surface area contributed by atoms with Gasteiger partial charge in [-0.05, 0) is 30.9 Å². The molecule has 0 heterocycles. The van der Waals surface area contributed by atoms with Crippen molar-refractivity contribution in [1.29, 1.82) is 0 Å². The van der Waals surface area contributed by atoms with Gasteiger partial charge < -0.3 is 25.5 Å². The molecule has 0 rings (SSSR count). The molecule has 0 radical (unpaired) electrons. The van der Waals surface area contributed by atoms with Crippen LogP contribution in [0.2, 0.25) is 0 Å². The van der Waals surface area contributed by atoms with E-state index in [0.717, 1.165) is 12.8 Å². The third kappa shape index (κ3) is 32.5. The van der Waals surface area contributed by atoms with Crippen LogP contribution in [0.4, 0.5) is 0 Å². The Morgan fingerprint density at radius 2 is 1.27 bits per heavy atom. The number of carboxylic acid groups (broad SMARTS) is 2. The SMILES string of the molecule is CCCCCCCCCCCC(=O)Cl.NC(CCC(=O)[O-])C(=O)[O-].[Na+].[Na+]. The molecule has 0 aliphatic carbocycles. The summed E-state index contributed by atoms with van der Waals surface area (Å²) in [6.07, 6.45) is 11.6. The number of rotatable bonds is 14. The van der Waals surface area contributed by atoms with Crippen molar-refractivity contribution >= 4 is 28.8 Å². The maximum Gasteiger partial charge on any atom is 1.00 e. The minimum atomic E-state index is -1.44. The van der Waals surface area contributed by atoms with Gasteiger partial charge in [0.25, 0.3) is 0 Å². The average molecular weight is 410 g/mol. The van der Waals surface area contributed by atoms with E-state index in [0.29, 0.717) is 6.42 Å². The Labute approximate surface area is 206 Å². The minimum Gasteiger partial charge on any atom is -0.550 e. The van der Waals surface area contributed by atoms with E-state index in [2.05, 4.69) is 6.92 Å². The molecule has 0 aromatic heterocycles. The van der Waals surface area contributed by atoms with Crippen molar-refractivity contribution in [3.05, 3.63) is 0 Å². The zero-order valence-corrected chi connectivity index (χ0v) is 21.3. The van der Waals surface area contributed by atoms with E-state index in [-0.39, 0.29) is 77.2 Å². The van der Waals surface area contributed by atoms with Crippen LogP contribution in [0, 0.1) is 0 Å². The molecule has 1 unspecified atom stereocenters. The van der Waals surface area contributed by atoms with Crippen LogP contribution in [-0.4, -0.2) is 23.2 Å². The van der Waals surface area contributed by atoms with Crippen molar-refractivity contribution in [2.45, 2.75) is 90.0 Å². The topological polar surface area (TPSA) is 123 Å². The molecule has 0 aromatic carbocycles. The molecule has 0 saturated carbocycles. The van der Waals surface area contributed by atoms with Gasteiger partial charge >= 0.3 is 59.1 Å². The molecule has 0 fully saturated rings.